The average Bonchev–Trinajstić information content (AvgIpc) is 3.33. The van der Waals surface area contributed by atoms with Gasteiger partial charge in [0.25, 0.3) is 5.56 Å². The third kappa shape index (κ3) is 3.60. The van der Waals surface area contributed by atoms with Crippen LogP contribution in [0.25, 0.3) is 21.7 Å². The normalized spacial score (nSPS) is 14.0. The second-order valence-corrected chi connectivity index (χ2v) is 10.6. The van der Waals surface area contributed by atoms with E-state index in [0.717, 1.165) is 51.6 Å². The fourth-order valence-corrected chi connectivity index (χ4v) is 6.96. The van der Waals surface area contributed by atoms with Crippen molar-refractivity contribution < 1.29 is 0 Å². The van der Waals surface area contributed by atoms with Gasteiger partial charge < -0.3 is 0 Å². The highest BCUT2D eigenvalue weighted by Gasteiger charge is 2.25. The highest BCUT2D eigenvalue weighted by molar-refractivity contribution is 7.98. The lowest BCUT2D eigenvalue weighted by molar-refractivity contribution is 0.713. The monoisotopic (exact) mass is 472 g/mol. The summed E-state index contributed by atoms with van der Waals surface area (Å²) in [6.07, 6.45) is 5.57. The van der Waals surface area contributed by atoms with Gasteiger partial charge in [0, 0.05) is 10.6 Å². The molecule has 7 heteroatoms. The first-order valence-corrected chi connectivity index (χ1v) is 13.2. The van der Waals surface area contributed by atoms with Crippen molar-refractivity contribution in [3.05, 3.63) is 86.5 Å². The lowest BCUT2D eigenvalue weighted by Crippen LogP contribution is -2.22. The zero-order chi connectivity index (χ0) is 22.4. The molecule has 0 spiro atoms. The molecular formula is C26H24N4OS2. The van der Waals surface area contributed by atoms with E-state index in [1.54, 1.807) is 27.7 Å². The highest BCUT2D eigenvalue weighted by Crippen LogP contribution is 2.36. The molecule has 0 radical (unpaired) electrons. The largest absolute Gasteiger partial charge is 0.268 e. The highest BCUT2D eigenvalue weighted by atomic mass is 32.2. The summed E-state index contributed by atoms with van der Waals surface area (Å²) in [5.74, 6) is 1.39. The van der Waals surface area contributed by atoms with Gasteiger partial charge >= 0.3 is 0 Å². The van der Waals surface area contributed by atoms with Crippen LogP contribution in [0, 0.1) is 6.92 Å². The Kier molecular flexibility index (Phi) is 5.31. The van der Waals surface area contributed by atoms with E-state index in [2.05, 4.69) is 45.8 Å². The summed E-state index contributed by atoms with van der Waals surface area (Å²) < 4.78 is 3.86. The smallest absolute Gasteiger partial charge is 0.268 e. The lowest BCUT2D eigenvalue weighted by atomic mass is 10.1. The van der Waals surface area contributed by atoms with Crippen molar-refractivity contribution >= 4 is 39.1 Å². The minimum absolute atomic E-state index is 0.0211. The number of thioether (sulfide) groups is 1. The van der Waals surface area contributed by atoms with Crippen LogP contribution in [0.15, 0.2) is 64.5 Å². The number of aromatic nitrogens is 4. The molecule has 1 aliphatic rings. The standard InChI is InChI=1S/C26H24N4OS2/c1-17-12-14-19(15-13-17)29-23(31)22-20-10-6-3-7-11-21(20)33-24(22)30-25(29)27-28-26(30)32-16-18-8-4-2-5-9-18/h2,4-5,8-9,12-15H,3,6-7,10-11,16H2,1H3. The van der Waals surface area contributed by atoms with Gasteiger partial charge in [0.15, 0.2) is 5.16 Å². The fourth-order valence-electron chi connectivity index (χ4n) is 4.64. The molecular weight excluding hydrogens is 448 g/mol. The second kappa shape index (κ2) is 8.47. The molecule has 5 nitrogen and oxygen atoms in total. The maximum absolute atomic E-state index is 13.9. The van der Waals surface area contributed by atoms with Crippen LogP contribution < -0.4 is 5.56 Å². The molecule has 0 N–H and O–H groups in total. The molecule has 0 bridgehead atoms. The van der Waals surface area contributed by atoms with Crippen LogP contribution in [0.3, 0.4) is 0 Å². The molecule has 0 atom stereocenters. The van der Waals surface area contributed by atoms with Crippen LogP contribution in [0.2, 0.25) is 0 Å². The minimum atomic E-state index is 0.0211. The molecule has 0 amide bonds. The van der Waals surface area contributed by atoms with Crippen LogP contribution in [-0.2, 0) is 18.6 Å². The molecule has 5 aromatic rings. The molecule has 0 aliphatic heterocycles. The molecule has 3 aromatic heterocycles. The van der Waals surface area contributed by atoms with E-state index in [4.69, 9.17) is 0 Å². The maximum atomic E-state index is 13.9. The predicted octanol–water partition coefficient (Wildman–Crippen LogP) is 5.96. The van der Waals surface area contributed by atoms with E-state index in [1.807, 2.05) is 30.3 Å². The van der Waals surface area contributed by atoms with Gasteiger partial charge in [-0.15, -0.1) is 21.5 Å². The molecule has 0 unspecified atom stereocenters. The van der Waals surface area contributed by atoms with Crippen LogP contribution >= 0.6 is 23.1 Å². The summed E-state index contributed by atoms with van der Waals surface area (Å²) in [5.41, 5.74) is 4.50. The maximum Gasteiger partial charge on any atom is 0.268 e. The van der Waals surface area contributed by atoms with Gasteiger partial charge in [0.2, 0.25) is 5.78 Å². The van der Waals surface area contributed by atoms with Crippen molar-refractivity contribution in [3.8, 4) is 5.69 Å². The molecule has 2 aromatic carbocycles. The Morgan fingerprint density at radius 1 is 0.970 bits per heavy atom. The first-order valence-electron chi connectivity index (χ1n) is 11.4. The lowest BCUT2D eigenvalue weighted by Gasteiger charge is -2.10. The summed E-state index contributed by atoms with van der Waals surface area (Å²) in [4.78, 5) is 16.3. The van der Waals surface area contributed by atoms with Gasteiger partial charge in [-0.2, -0.15) is 0 Å². The van der Waals surface area contributed by atoms with Gasteiger partial charge in [0.05, 0.1) is 11.1 Å². The number of nitrogens with zero attached hydrogens (tertiary/aromatic N) is 4. The van der Waals surface area contributed by atoms with Crippen LogP contribution in [-0.4, -0.2) is 19.2 Å². The average molecular weight is 473 g/mol. The second-order valence-electron chi connectivity index (χ2n) is 8.61. The fraction of sp³-hybridized carbons (Fsp3) is 0.269. The zero-order valence-electron chi connectivity index (χ0n) is 18.5. The van der Waals surface area contributed by atoms with Gasteiger partial charge in [-0.1, -0.05) is 66.2 Å². The van der Waals surface area contributed by atoms with Crippen molar-refractivity contribution in [2.75, 3.05) is 0 Å². The first kappa shape index (κ1) is 20.7. The SMILES string of the molecule is Cc1ccc(-n2c(=O)c3c4c(sc3n3c(SCc5ccccc5)nnc23)CCCCC4)cc1. The number of hydrogen-bond donors (Lipinski definition) is 0. The quantitative estimate of drug-likeness (QED) is 0.239. The number of benzene rings is 2. The zero-order valence-corrected chi connectivity index (χ0v) is 20.1. The van der Waals surface area contributed by atoms with Crippen molar-refractivity contribution in [1.82, 2.24) is 19.2 Å². The van der Waals surface area contributed by atoms with Crippen LogP contribution in [0.5, 0.6) is 0 Å². The van der Waals surface area contributed by atoms with E-state index in [-0.39, 0.29) is 5.56 Å². The topological polar surface area (TPSA) is 52.2 Å². The molecule has 0 saturated heterocycles. The van der Waals surface area contributed by atoms with E-state index in [0.29, 0.717) is 5.78 Å². The van der Waals surface area contributed by atoms with Crippen LogP contribution in [0.1, 0.15) is 40.8 Å². The summed E-state index contributed by atoms with van der Waals surface area (Å²) in [7, 11) is 0. The molecule has 0 saturated carbocycles. The number of thiophene rings is 1. The van der Waals surface area contributed by atoms with Crippen molar-refractivity contribution in [1.29, 1.82) is 0 Å². The number of hydrogen-bond acceptors (Lipinski definition) is 5. The molecule has 33 heavy (non-hydrogen) atoms. The van der Waals surface area contributed by atoms with Gasteiger partial charge in [-0.3, -0.25) is 4.79 Å². The molecule has 6 rings (SSSR count). The summed E-state index contributed by atoms with van der Waals surface area (Å²) in [5, 5.41) is 10.8. The Hall–Kier alpha value is -2.90. The molecule has 166 valence electrons. The number of fused-ring (bicyclic) bond motifs is 5. The van der Waals surface area contributed by atoms with Gasteiger partial charge in [-0.05, 0) is 55.9 Å². The van der Waals surface area contributed by atoms with Crippen molar-refractivity contribution in [3.63, 3.8) is 0 Å². The van der Waals surface area contributed by atoms with Crippen molar-refractivity contribution in [2.45, 2.75) is 49.9 Å². The van der Waals surface area contributed by atoms with Crippen molar-refractivity contribution in [2.24, 2.45) is 0 Å². The first-order chi connectivity index (χ1) is 16.2. The number of aryl methyl sites for hydroxylation is 3. The Labute approximate surface area is 200 Å². The third-order valence-electron chi connectivity index (χ3n) is 6.34. The molecule has 1 aliphatic carbocycles. The number of rotatable bonds is 4. The Balaban J connectivity index is 1.61. The molecule has 0 fully saturated rings. The van der Waals surface area contributed by atoms with E-state index < -0.39 is 0 Å². The van der Waals surface area contributed by atoms with E-state index in [1.165, 1.54) is 28.8 Å². The van der Waals surface area contributed by atoms with E-state index in [9.17, 15) is 4.79 Å². The van der Waals surface area contributed by atoms with E-state index >= 15 is 0 Å². The Morgan fingerprint density at radius 2 is 1.76 bits per heavy atom. The minimum Gasteiger partial charge on any atom is -0.268 e. The van der Waals surface area contributed by atoms with Gasteiger partial charge in [0.1, 0.15) is 4.83 Å². The molecule has 3 heterocycles. The Morgan fingerprint density at radius 3 is 2.58 bits per heavy atom. The Bertz CT molecular complexity index is 1510. The van der Waals surface area contributed by atoms with Gasteiger partial charge in [-0.25, -0.2) is 8.97 Å². The summed E-state index contributed by atoms with van der Waals surface area (Å²) in [6.45, 7) is 2.06. The predicted molar refractivity (Wildman–Crippen MR) is 136 cm³/mol. The summed E-state index contributed by atoms with van der Waals surface area (Å²) in [6, 6.07) is 18.5. The summed E-state index contributed by atoms with van der Waals surface area (Å²) >= 11 is 3.43. The third-order valence-corrected chi connectivity index (χ3v) is 8.62. The van der Waals surface area contributed by atoms with Crippen LogP contribution in [0.4, 0.5) is 0 Å².